The molecule has 0 saturated carbocycles. The van der Waals surface area contributed by atoms with Gasteiger partial charge in [0.1, 0.15) is 12.4 Å². The highest BCUT2D eigenvalue weighted by molar-refractivity contribution is 7.13. The summed E-state index contributed by atoms with van der Waals surface area (Å²) in [5.74, 6) is 0.0198. The van der Waals surface area contributed by atoms with Crippen molar-refractivity contribution in [3.8, 4) is 5.75 Å². The molecule has 0 amide bonds. The minimum Gasteiger partial charge on any atom is -0.492 e. The summed E-state index contributed by atoms with van der Waals surface area (Å²) in [5.41, 5.74) is 2.09. The van der Waals surface area contributed by atoms with E-state index in [0.29, 0.717) is 19.7 Å². The van der Waals surface area contributed by atoms with Gasteiger partial charge in [-0.1, -0.05) is 12.1 Å². The molecule has 0 aliphatic carbocycles. The molecule has 0 bridgehead atoms. The number of benzene rings is 1. The maximum atomic E-state index is 10.8. The Morgan fingerprint density at radius 3 is 2.82 bits per heavy atom. The van der Waals surface area contributed by atoms with E-state index in [4.69, 9.17) is 9.84 Å². The summed E-state index contributed by atoms with van der Waals surface area (Å²) in [6, 6.07) is 7.87. The molecule has 2 rings (SSSR count). The van der Waals surface area contributed by atoms with Crippen LogP contribution in [0.4, 0.5) is 5.13 Å². The molecule has 0 fully saturated rings. The Morgan fingerprint density at radius 1 is 1.36 bits per heavy atom. The van der Waals surface area contributed by atoms with E-state index in [0.717, 1.165) is 22.1 Å². The van der Waals surface area contributed by atoms with Gasteiger partial charge in [-0.25, -0.2) is 4.98 Å². The summed E-state index contributed by atoms with van der Waals surface area (Å²) >= 11 is 1.52. The number of hydrogen-bond donors (Lipinski definition) is 1. The zero-order valence-electron chi connectivity index (χ0n) is 12.8. The van der Waals surface area contributed by atoms with Crippen molar-refractivity contribution in [1.29, 1.82) is 0 Å². The zero-order valence-corrected chi connectivity index (χ0v) is 13.6. The first-order chi connectivity index (χ1) is 10.5. The van der Waals surface area contributed by atoms with Gasteiger partial charge in [0.15, 0.2) is 5.13 Å². The number of ether oxygens (including phenoxy) is 1. The molecule has 0 unspecified atom stereocenters. The van der Waals surface area contributed by atoms with Crippen LogP contribution in [0.1, 0.15) is 17.7 Å². The predicted molar refractivity (Wildman–Crippen MR) is 88.0 cm³/mol. The van der Waals surface area contributed by atoms with Gasteiger partial charge < -0.3 is 14.7 Å². The van der Waals surface area contributed by atoms with Crippen molar-refractivity contribution < 1.29 is 14.6 Å². The van der Waals surface area contributed by atoms with Gasteiger partial charge in [-0.05, 0) is 31.5 Å². The molecule has 1 aromatic carbocycles. The Bertz CT molecular complexity index is 627. The Morgan fingerprint density at radius 2 is 2.18 bits per heavy atom. The van der Waals surface area contributed by atoms with Crippen LogP contribution < -0.4 is 9.64 Å². The molecule has 1 aromatic heterocycles. The van der Waals surface area contributed by atoms with Crippen molar-refractivity contribution in [2.24, 2.45) is 0 Å². The largest absolute Gasteiger partial charge is 0.492 e. The SMILES string of the molecule is Cc1cccc(OCCN(CCC(=O)O)c2nc(C)cs2)c1. The van der Waals surface area contributed by atoms with Crippen LogP contribution in [0.3, 0.4) is 0 Å². The lowest BCUT2D eigenvalue weighted by molar-refractivity contribution is -0.136. The van der Waals surface area contributed by atoms with Gasteiger partial charge in [0.05, 0.1) is 18.7 Å². The molecule has 6 heteroatoms. The number of thiazole rings is 1. The van der Waals surface area contributed by atoms with E-state index in [1.807, 2.05) is 48.4 Å². The smallest absolute Gasteiger partial charge is 0.305 e. The van der Waals surface area contributed by atoms with E-state index < -0.39 is 5.97 Å². The number of aromatic nitrogens is 1. The van der Waals surface area contributed by atoms with E-state index in [-0.39, 0.29) is 6.42 Å². The Kier molecular flexibility index (Phi) is 5.77. The maximum absolute atomic E-state index is 10.8. The highest BCUT2D eigenvalue weighted by Crippen LogP contribution is 2.20. The first-order valence-electron chi connectivity index (χ1n) is 7.13. The number of aliphatic carboxylic acids is 1. The van der Waals surface area contributed by atoms with Crippen LogP contribution in [-0.4, -0.2) is 35.8 Å². The first kappa shape index (κ1) is 16.3. The summed E-state index contributed by atoms with van der Waals surface area (Å²) in [6.07, 6.45) is 0.0864. The third-order valence-corrected chi connectivity index (χ3v) is 4.11. The van der Waals surface area contributed by atoms with Crippen molar-refractivity contribution in [3.05, 3.63) is 40.9 Å². The first-order valence-corrected chi connectivity index (χ1v) is 8.01. The fourth-order valence-corrected chi connectivity index (χ4v) is 2.86. The van der Waals surface area contributed by atoms with Crippen molar-refractivity contribution in [3.63, 3.8) is 0 Å². The van der Waals surface area contributed by atoms with Gasteiger partial charge in [-0.15, -0.1) is 11.3 Å². The molecule has 0 saturated heterocycles. The molecule has 1 N–H and O–H groups in total. The minimum absolute atomic E-state index is 0.0864. The van der Waals surface area contributed by atoms with Crippen LogP contribution in [0.25, 0.3) is 0 Å². The highest BCUT2D eigenvalue weighted by Gasteiger charge is 2.12. The molecule has 0 atom stereocenters. The van der Waals surface area contributed by atoms with Crippen molar-refractivity contribution >= 4 is 22.4 Å². The molecular weight excluding hydrogens is 300 g/mol. The van der Waals surface area contributed by atoms with Gasteiger partial charge in [-0.2, -0.15) is 0 Å². The third-order valence-electron chi connectivity index (χ3n) is 3.09. The van der Waals surface area contributed by atoms with Crippen molar-refractivity contribution in [2.75, 3.05) is 24.6 Å². The number of carboxylic acid groups (broad SMARTS) is 1. The van der Waals surface area contributed by atoms with E-state index in [2.05, 4.69) is 4.98 Å². The Balaban J connectivity index is 1.92. The number of rotatable bonds is 8. The van der Waals surface area contributed by atoms with Gasteiger partial charge in [0, 0.05) is 11.9 Å². The summed E-state index contributed by atoms with van der Waals surface area (Å²) in [6.45, 7) is 5.47. The molecule has 0 aliphatic heterocycles. The third kappa shape index (κ3) is 5.04. The minimum atomic E-state index is -0.808. The second-order valence-corrected chi connectivity index (χ2v) is 5.90. The lowest BCUT2D eigenvalue weighted by Gasteiger charge is -2.21. The van der Waals surface area contributed by atoms with Gasteiger partial charge in [0.2, 0.25) is 0 Å². The molecular formula is C16H20N2O3S. The monoisotopic (exact) mass is 320 g/mol. The van der Waals surface area contributed by atoms with E-state index in [1.54, 1.807) is 0 Å². The fourth-order valence-electron chi connectivity index (χ4n) is 2.00. The van der Waals surface area contributed by atoms with Crippen LogP contribution >= 0.6 is 11.3 Å². The molecule has 1 heterocycles. The van der Waals surface area contributed by atoms with E-state index >= 15 is 0 Å². The lowest BCUT2D eigenvalue weighted by atomic mass is 10.2. The quantitative estimate of drug-likeness (QED) is 0.809. The average Bonchev–Trinajstić information content (AvgIpc) is 2.89. The predicted octanol–water partition coefficient (Wildman–Crippen LogP) is 3.12. The Hall–Kier alpha value is -2.08. The van der Waals surface area contributed by atoms with Crippen LogP contribution in [0.15, 0.2) is 29.6 Å². The Labute approximate surface area is 134 Å². The molecule has 0 spiro atoms. The number of anilines is 1. The summed E-state index contributed by atoms with van der Waals surface area (Å²) < 4.78 is 5.74. The highest BCUT2D eigenvalue weighted by atomic mass is 32.1. The van der Waals surface area contributed by atoms with Crippen LogP contribution in [0.5, 0.6) is 5.75 Å². The molecule has 0 radical (unpaired) electrons. The summed E-state index contributed by atoms with van der Waals surface area (Å²) in [5, 5.41) is 11.7. The second-order valence-electron chi connectivity index (χ2n) is 5.07. The maximum Gasteiger partial charge on any atom is 0.305 e. The lowest BCUT2D eigenvalue weighted by Crippen LogP contribution is -2.30. The van der Waals surface area contributed by atoms with Gasteiger partial charge >= 0.3 is 5.97 Å². The molecule has 5 nitrogen and oxygen atoms in total. The number of nitrogens with zero attached hydrogens (tertiary/aromatic N) is 2. The number of carboxylic acids is 1. The number of hydrogen-bond acceptors (Lipinski definition) is 5. The normalized spacial score (nSPS) is 10.5. The standard InChI is InChI=1S/C16H20N2O3S/c1-12-4-3-5-14(10-12)21-9-8-18(7-6-15(19)20)16-17-13(2)11-22-16/h3-5,10-11H,6-9H2,1-2H3,(H,19,20). The topological polar surface area (TPSA) is 62.7 Å². The van der Waals surface area contributed by atoms with Gasteiger partial charge in [0.25, 0.3) is 0 Å². The van der Waals surface area contributed by atoms with E-state index in [9.17, 15) is 4.79 Å². The molecule has 118 valence electrons. The van der Waals surface area contributed by atoms with Gasteiger partial charge in [-0.3, -0.25) is 4.79 Å². The summed E-state index contributed by atoms with van der Waals surface area (Å²) in [4.78, 5) is 17.2. The van der Waals surface area contributed by atoms with Crippen LogP contribution in [0.2, 0.25) is 0 Å². The fraction of sp³-hybridized carbons (Fsp3) is 0.375. The van der Waals surface area contributed by atoms with Crippen LogP contribution in [-0.2, 0) is 4.79 Å². The van der Waals surface area contributed by atoms with Crippen molar-refractivity contribution in [1.82, 2.24) is 4.98 Å². The number of carbonyl (C=O) groups is 1. The second kappa shape index (κ2) is 7.79. The zero-order chi connectivity index (χ0) is 15.9. The number of aryl methyl sites for hydroxylation is 2. The van der Waals surface area contributed by atoms with E-state index in [1.165, 1.54) is 11.3 Å². The molecule has 22 heavy (non-hydrogen) atoms. The van der Waals surface area contributed by atoms with Crippen molar-refractivity contribution in [2.45, 2.75) is 20.3 Å². The molecule has 2 aromatic rings. The van der Waals surface area contributed by atoms with Crippen LogP contribution in [0, 0.1) is 13.8 Å². The average molecular weight is 320 g/mol. The summed E-state index contributed by atoms with van der Waals surface area (Å²) in [7, 11) is 0. The molecule has 0 aliphatic rings.